The summed E-state index contributed by atoms with van der Waals surface area (Å²) in [5.74, 6) is 1.35. The Morgan fingerprint density at radius 2 is 1.96 bits per heavy atom. The van der Waals surface area contributed by atoms with Crippen molar-refractivity contribution >= 4 is 5.91 Å². The fraction of sp³-hybridized carbons (Fsp3) is 0.526. The number of carbonyl (C=O) groups is 1. The minimum atomic E-state index is -0.336. The van der Waals surface area contributed by atoms with Crippen molar-refractivity contribution in [3.05, 3.63) is 51.2 Å². The number of aromatic amines is 1. The lowest BCUT2D eigenvalue weighted by atomic mass is 9.93. The first-order valence-electron chi connectivity index (χ1n) is 9.07. The van der Waals surface area contributed by atoms with Gasteiger partial charge in [-0.3, -0.25) is 4.79 Å². The zero-order valence-corrected chi connectivity index (χ0v) is 15.6. The van der Waals surface area contributed by atoms with Crippen LogP contribution in [0.25, 0.3) is 0 Å². The molecule has 1 aliphatic heterocycles. The lowest BCUT2D eigenvalue weighted by molar-refractivity contribution is -0.132. The van der Waals surface area contributed by atoms with Crippen LogP contribution in [0.2, 0.25) is 0 Å². The van der Waals surface area contributed by atoms with Crippen LogP contribution in [0, 0.1) is 20.8 Å². The summed E-state index contributed by atoms with van der Waals surface area (Å²) in [6, 6.07) is 1.98. The van der Waals surface area contributed by atoms with E-state index in [9.17, 15) is 9.59 Å². The molecule has 0 aromatic carbocycles. The molecule has 1 saturated heterocycles. The van der Waals surface area contributed by atoms with Gasteiger partial charge in [0, 0.05) is 48.7 Å². The minimum Gasteiger partial charge on any atom is -0.343 e. The number of aromatic nitrogens is 4. The van der Waals surface area contributed by atoms with E-state index in [1.807, 2.05) is 31.7 Å². The molecule has 3 heterocycles. The van der Waals surface area contributed by atoms with Crippen LogP contribution in [0.15, 0.2) is 17.1 Å². The van der Waals surface area contributed by atoms with Crippen LogP contribution in [0.1, 0.15) is 53.7 Å². The molecule has 0 aliphatic carbocycles. The van der Waals surface area contributed by atoms with E-state index >= 15 is 0 Å². The number of hydrogen-bond acceptors (Lipinski definition) is 5. The molecule has 1 N–H and O–H groups in total. The second-order valence-electron chi connectivity index (χ2n) is 6.91. The summed E-state index contributed by atoms with van der Waals surface area (Å²) >= 11 is 0. The average Bonchev–Trinajstić information content (AvgIpc) is 2.61. The van der Waals surface area contributed by atoms with Crippen molar-refractivity contribution in [3.8, 4) is 0 Å². The molecule has 26 heavy (non-hydrogen) atoms. The topological polar surface area (TPSA) is 91.8 Å². The summed E-state index contributed by atoms with van der Waals surface area (Å²) < 4.78 is 0. The highest BCUT2D eigenvalue weighted by Crippen LogP contribution is 2.27. The number of likely N-dealkylation sites (tertiary alicyclic amines) is 1. The first kappa shape index (κ1) is 18.2. The van der Waals surface area contributed by atoms with Gasteiger partial charge in [-0.25, -0.2) is 14.8 Å². The second-order valence-corrected chi connectivity index (χ2v) is 6.91. The first-order chi connectivity index (χ1) is 12.4. The zero-order valence-electron chi connectivity index (χ0n) is 15.6. The minimum absolute atomic E-state index is 0.160. The van der Waals surface area contributed by atoms with Gasteiger partial charge in [-0.1, -0.05) is 0 Å². The number of piperidine rings is 1. The van der Waals surface area contributed by atoms with Crippen LogP contribution in [-0.4, -0.2) is 43.8 Å². The molecule has 0 saturated carbocycles. The molecule has 1 aliphatic rings. The second kappa shape index (κ2) is 7.76. The van der Waals surface area contributed by atoms with E-state index in [-0.39, 0.29) is 11.6 Å². The molecule has 2 aromatic rings. The monoisotopic (exact) mass is 355 g/mol. The van der Waals surface area contributed by atoms with Gasteiger partial charge in [-0.2, -0.15) is 4.98 Å². The van der Waals surface area contributed by atoms with Gasteiger partial charge in [-0.15, -0.1) is 0 Å². The Kier molecular flexibility index (Phi) is 5.44. The van der Waals surface area contributed by atoms with E-state index in [0.717, 1.165) is 48.7 Å². The van der Waals surface area contributed by atoms with E-state index in [1.54, 1.807) is 6.20 Å². The highest BCUT2D eigenvalue weighted by Gasteiger charge is 2.24. The smallest absolute Gasteiger partial charge is 0.343 e. The molecule has 7 heteroatoms. The zero-order chi connectivity index (χ0) is 18.7. The third-order valence-corrected chi connectivity index (χ3v) is 5.11. The summed E-state index contributed by atoms with van der Waals surface area (Å²) in [5.41, 5.74) is 3.21. The molecule has 138 valence electrons. The fourth-order valence-electron chi connectivity index (χ4n) is 3.64. The predicted molar refractivity (Wildman–Crippen MR) is 98.0 cm³/mol. The van der Waals surface area contributed by atoms with Crippen LogP contribution in [0.3, 0.4) is 0 Å². The number of aryl methyl sites for hydroxylation is 3. The van der Waals surface area contributed by atoms with Gasteiger partial charge in [-0.05, 0) is 51.7 Å². The van der Waals surface area contributed by atoms with Crippen molar-refractivity contribution in [1.82, 2.24) is 24.8 Å². The Bertz CT molecular complexity index is 827. The van der Waals surface area contributed by atoms with Crippen molar-refractivity contribution in [1.29, 1.82) is 0 Å². The summed E-state index contributed by atoms with van der Waals surface area (Å²) in [6.45, 7) is 7.09. The third-order valence-electron chi connectivity index (χ3n) is 5.11. The Balaban J connectivity index is 1.55. The maximum Gasteiger partial charge on any atom is 0.345 e. The molecule has 0 atom stereocenters. The number of hydrogen-bond donors (Lipinski definition) is 1. The molecule has 3 rings (SSSR count). The van der Waals surface area contributed by atoms with Crippen LogP contribution in [0.4, 0.5) is 0 Å². The molecular weight excluding hydrogens is 330 g/mol. The lowest BCUT2D eigenvalue weighted by Crippen LogP contribution is -2.38. The van der Waals surface area contributed by atoms with Crippen LogP contribution >= 0.6 is 0 Å². The summed E-state index contributed by atoms with van der Waals surface area (Å²) in [7, 11) is 0. The number of amides is 1. The molecular formula is C19H25N5O2. The molecule has 0 radical (unpaired) electrons. The van der Waals surface area contributed by atoms with Gasteiger partial charge < -0.3 is 9.88 Å². The van der Waals surface area contributed by atoms with E-state index in [1.165, 1.54) is 0 Å². The first-order valence-corrected chi connectivity index (χ1v) is 9.07. The molecule has 1 fully saturated rings. The SMILES string of the molecule is Cc1nccc(C2CCN(C(=O)CCc3c(C)nc(=O)[nH]c3C)CC2)n1. The molecule has 0 bridgehead atoms. The Labute approximate surface area is 152 Å². The summed E-state index contributed by atoms with van der Waals surface area (Å²) in [5, 5.41) is 0. The van der Waals surface area contributed by atoms with Crippen LogP contribution < -0.4 is 5.69 Å². The standard InChI is InChI=1S/C19H25N5O2/c1-12-16(13(2)22-19(26)21-12)4-5-18(25)24-10-7-15(8-11-24)17-6-9-20-14(3)23-17/h6,9,15H,4-5,7-8,10-11H2,1-3H3,(H,21,22,26). The predicted octanol–water partition coefficient (Wildman–Crippen LogP) is 1.82. The third kappa shape index (κ3) is 4.15. The molecule has 7 nitrogen and oxygen atoms in total. The molecule has 2 aromatic heterocycles. The number of nitrogens with one attached hydrogen (secondary N) is 1. The number of nitrogens with zero attached hydrogens (tertiary/aromatic N) is 4. The van der Waals surface area contributed by atoms with Gasteiger partial charge >= 0.3 is 5.69 Å². The maximum atomic E-state index is 12.6. The lowest BCUT2D eigenvalue weighted by Gasteiger charge is -2.32. The average molecular weight is 355 g/mol. The van der Waals surface area contributed by atoms with Gasteiger partial charge in [0.05, 0.1) is 0 Å². The van der Waals surface area contributed by atoms with Crippen molar-refractivity contribution in [2.75, 3.05) is 13.1 Å². The van der Waals surface area contributed by atoms with E-state index < -0.39 is 0 Å². The largest absolute Gasteiger partial charge is 0.345 e. The van der Waals surface area contributed by atoms with E-state index in [0.29, 0.717) is 24.5 Å². The van der Waals surface area contributed by atoms with Crippen molar-refractivity contribution in [2.45, 2.75) is 52.4 Å². The highest BCUT2D eigenvalue weighted by molar-refractivity contribution is 5.76. The van der Waals surface area contributed by atoms with Crippen LogP contribution in [-0.2, 0) is 11.2 Å². The van der Waals surface area contributed by atoms with E-state index in [4.69, 9.17) is 0 Å². The van der Waals surface area contributed by atoms with Crippen LogP contribution in [0.5, 0.6) is 0 Å². The van der Waals surface area contributed by atoms with E-state index in [2.05, 4.69) is 19.9 Å². The summed E-state index contributed by atoms with van der Waals surface area (Å²) in [4.78, 5) is 41.2. The Morgan fingerprint density at radius 3 is 2.62 bits per heavy atom. The highest BCUT2D eigenvalue weighted by atomic mass is 16.2. The number of H-pyrrole nitrogens is 1. The molecule has 0 spiro atoms. The van der Waals surface area contributed by atoms with Crippen molar-refractivity contribution in [3.63, 3.8) is 0 Å². The van der Waals surface area contributed by atoms with Gasteiger partial charge in [0.15, 0.2) is 0 Å². The van der Waals surface area contributed by atoms with Gasteiger partial charge in [0.2, 0.25) is 5.91 Å². The summed E-state index contributed by atoms with van der Waals surface area (Å²) in [6.07, 6.45) is 4.71. The maximum absolute atomic E-state index is 12.6. The molecule has 0 unspecified atom stereocenters. The number of carbonyl (C=O) groups excluding carboxylic acids is 1. The van der Waals surface area contributed by atoms with Crippen molar-refractivity contribution < 1.29 is 4.79 Å². The quantitative estimate of drug-likeness (QED) is 0.903. The number of rotatable bonds is 4. The fourth-order valence-corrected chi connectivity index (χ4v) is 3.64. The van der Waals surface area contributed by atoms with Gasteiger partial charge in [0.1, 0.15) is 5.82 Å². The van der Waals surface area contributed by atoms with Gasteiger partial charge in [0.25, 0.3) is 0 Å². The molecule has 1 amide bonds. The Hall–Kier alpha value is -2.57. The Morgan fingerprint density at radius 1 is 1.23 bits per heavy atom. The van der Waals surface area contributed by atoms with Crippen molar-refractivity contribution in [2.24, 2.45) is 0 Å². The normalized spacial score (nSPS) is 15.3.